The van der Waals surface area contributed by atoms with Gasteiger partial charge in [-0.15, -0.1) is 0 Å². The van der Waals surface area contributed by atoms with Crippen LogP contribution in [0.3, 0.4) is 0 Å². The fourth-order valence-corrected chi connectivity index (χ4v) is 3.08. The molecular weight excluding hydrogens is 342 g/mol. The molecule has 1 aliphatic rings. The molecule has 0 saturated heterocycles. The van der Waals surface area contributed by atoms with Gasteiger partial charge in [0.15, 0.2) is 0 Å². The maximum atomic E-state index is 12.4. The molecule has 0 radical (unpaired) electrons. The van der Waals surface area contributed by atoms with Gasteiger partial charge in [0.05, 0.1) is 12.3 Å². The highest BCUT2D eigenvalue weighted by Crippen LogP contribution is 2.48. The second-order valence-electron chi connectivity index (χ2n) is 5.42. The Hall–Kier alpha value is -1.81. The van der Waals surface area contributed by atoms with Crippen molar-refractivity contribution in [3.63, 3.8) is 0 Å². The number of amides is 1. The van der Waals surface area contributed by atoms with Gasteiger partial charge in [0, 0.05) is 10.4 Å². The van der Waals surface area contributed by atoms with Crippen LogP contribution >= 0.6 is 15.9 Å². The third kappa shape index (κ3) is 3.33. The van der Waals surface area contributed by atoms with Gasteiger partial charge < -0.3 is 10.1 Å². The smallest absolute Gasteiger partial charge is 0.228 e. The Bertz CT molecular complexity index is 686. The fourth-order valence-electron chi connectivity index (χ4n) is 2.67. The monoisotopic (exact) mass is 359 g/mol. The summed E-state index contributed by atoms with van der Waals surface area (Å²) in [5, 5.41) is 3.00. The van der Waals surface area contributed by atoms with Gasteiger partial charge in [-0.2, -0.15) is 0 Å². The van der Waals surface area contributed by atoms with Crippen molar-refractivity contribution in [2.24, 2.45) is 5.92 Å². The van der Waals surface area contributed by atoms with Gasteiger partial charge in [0.25, 0.3) is 0 Å². The first-order valence-electron chi connectivity index (χ1n) is 7.47. The van der Waals surface area contributed by atoms with E-state index in [1.54, 1.807) is 0 Å². The van der Waals surface area contributed by atoms with E-state index in [4.69, 9.17) is 4.74 Å². The number of benzene rings is 2. The minimum absolute atomic E-state index is 0.0454. The van der Waals surface area contributed by atoms with Gasteiger partial charge in [0.2, 0.25) is 5.91 Å². The number of anilines is 1. The summed E-state index contributed by atoms with van der Waals surface area (Å²) < 4.78 is 6.60. The summed E-state index contributed by atoms with van der Waals surface area (Å²) in [6.07, 6.45) is 0.902. The third-order valence-electron chi connectivity index (χ3n) is 3.85. The van der Waals surface area contributed by atoms with Gasteiger partial charge in [-0.1, -0.05) is 40.2 Å². The normalized spacial score (nSPS) is 19.5. The first kappa shape index (κ1) is 15.1. The molecule has 0 bridgehead atoms. The molecule has 0 aromatic heterocycles. The quantitative estimate of drug-likeness (QED) is 0.847. The van der Waals surface area contributed by atoms with Gasteiger partial charge in [-0.3, -0.25) is 4.79 Å². The van der Waals surface area contributed by atoms with E-state index in [1.807, 2.05) is 43.3 Å². The molecular formula is C18H18BrNO2. The van der Waals surface area contributed by atoms with Crippen LogP contribution < -0.4 is 10.1 Å². The largest absolute Gasteiger partial charge is 0.492 e. The maximum Gasteiger partial charge on any atom is 0.228 e. The van der Waals surface area contributed by atoms with Crippen LogP contribution in [-0.4, -0.2) is 12.5 Å². The highest BCUT2D eigenvalue weighted by Gasteiger charge is 2.44. The maximum absolute atomic E-state index is 12.4. The zero-order valence-electron chi connectivity index (χ0n) is 12.4. The van der Waals surface area contributed by atoms with E-state index in [0.29, 0.717) is 12.5 Å². The minimum Gasteiger partial charge on any atom is -0.492 e. The topological polar surface area (TPSA) is 38.3 Å². The molecule has 4 heteroatoms. The van der Waals surface area contributed by atoms with Crippen LogP contribution in [-0.2, 0) is 4.79 Å². The van der Waals surface area contributed by atoms with Crippen molar-refractivity contribution in [1.29, 1.82) is 0 Å². The molecule has 114 valence electrons. The van der Waals surface area contributed by atoms with Crippen molar-refractivity contribution < 1.29 is 9.53 Å². The van der Waals surface area contributed by atoms with Gasteiger partial charge >= 0.3 is 0 Å². The molecule has 3 rings (SSSR count). The molecule has 2 aromatic rings. The molecule has 0 heterocycles. The molecule has 2 aromatic carbocycles. The lowest BCUT2D eigenvalue weighted by molar-refractivity contribution is -0.117. The summed E-state index contributed by atoms with van der Waals surface area (Å²) in [7, 11) is 0. The van der Waals surface area contributed by atoms with Crippen LogP contribution in [0.25, 0.3) is 0 Å². The van der Waals surface area contributed by atoms with E-state index in [-0.39, 0.29) is 11.8 Å². The Balaban J connectivity index is 1.67. The van der Waals surface area contributed by atoms with Gasteiger partial charge in [-0.25, -0.2) is 0 Å². The average Bonchev–Trinajstić information content (AvgIpc) is 3.30. The average molecular weight is 360 g/mol. The molecule has 0 aliphatic heterocycles. The van der Waals surface area contributed by atoms with Crippen LogP contribution in [0.1, 0.15) is 24.8 Å². The van der Waals surface area contributed by atoms with E-state index in [0.717, 1.165) is 22.3 Å². The number of halogens is 1. The minimum atomic E-state index is 0.0454. The molecule has 2 unspecified atom stereocenters. The number of hydrogen-bond acceptors (Lipinski definition) is 2. The SMILES string of the molecule is CCOc1ccccc1NC(=O)C1CC1c1cccc(Br)c1. The van der Waals surface area contributed by atoms with Crippen molar-refractivity contribution in [2.75, 3.05) is 11.9 Å². The molecule has 1 aliphatic carbocycles. The number of hydrogen-bond donors (Lipinski definition) is 1. The molecule has 2 atom stereocenters. The number of carbonyl (C=O) groups is 1. The van der Waals surface area contributed by atoms with Crippen LogP contribution in [0.5, 0.6) is 5.75 Å². The molecule has 1 fully saturated rings. The van der Waals surface area contributed by atoms with E-state index >= 15 is 0 Å². The molecule has 3 nitrogen and oxygen atoms in total. The van der Waals surface area contributed by atoms with E-state index in [1.165, 1.54) is 5.56 Å². The Labute approximate surface area is 138 Å². The lowest BCUT2D eigenvalue weighted by Crippen LogP contribution is -2.15. The Kier molecular flexibility index (Phi) is 4.48. The number of ether oxygens (including phenoxy) is 1. The van der Waals surface area contributed by atoms with E-state index in [9.17, 15) is 4.79 Å². The first-order valence-corrected chi connectivity index (χ1v) is 8.26. The summed E-state index contributed by atoms with van der Waals surface area (Å²) in [6.45, 7) is 2.51. The van der Waals surface area contributed by atoms with Crippen LogP contribution in [0.4, 0.5) is 5.69 Å². The zero-order valence-corrected chi connectivity index (χ0v) is 14.0. The van der Waals surface area contributed by atoms with Crippen LogP contribution in [0.15, 0.2) is 53.0 Å². The molecule has 1 saturated carbocycles. The van der Waals surface area contributed by atoms with Crippen LogP contribution in [0.2, 0.25) is 0 Å². The second-order valence-corrected chi connectivity index (χ2v) is 6.34. The van der Waals surface area contributed by atoms with E-state index < -0.39 is 0 Å². The second kappa shape index (κ2) is 6.53. The molecule has 22 heavy (non-hydrogen) atoms. The Morgan fingerprint density at radius 1 is 1.27 bits per heavy atom. The summed E-state index contributed by atoms with van der Waals surface area (Å²) in [5.74, 6) is 1.15. The van der Waals surface area contributed by atoms with Crippen molar-refractivity contribution in [3.8, 4) is 5.75 Å². The number of nitrogens with one attached hydrogen (secondary N) is 1. The fraction of sp³-hybridized carbons (Fsp3) is 0.278. The van der Waals surface area contributed by atoms with Crippen molar-refractivity contribution in [3.05, 3.63) is 58.6 Å². The van der Waals surface area contributed by atoms with Crippen LogP contribution in [0, 0.1) is 5.92 Å². The van der Waals surface area contributed by atoms with E-state index in [2.05, 4.69) is 33.4 Å². The highest BCUT2D eigenvalue weighted by atomic mass is 79.9. The Morgan fingerprint density at radius 3 is 2.86 bits per heavy atom. The molecule has 1 amide bonds. The standard InChI is InChI=1S/C18H18BrNO2/c1-2-22-17-9-4-3-8-16(17)20-18(21)15-11-14(15)12-6-5-7-13(19)10-12/h3-10,14-15H,2,11H2,1H3,(H,20,21). The third-order valence-corrected chi connectivity index (χ3v) is 4.34. The van der Waals surface area contributed by atoms with Gasteiger partial charge in [-0.05, 0) is 49.1 Å². The predicted octanol–water partition coefficient (Wildman–Crippen LogP) is 4.59. The van der Waals surface area contributed by atoms with Crippen molar-refractivity contribution in [1.82, 2.24) is 0 Å². The molecule has 0 spiro atoms. The summed E-state index contributed by atoms with van der Waals surface area (Å²) in [6, 6.07) is 15.7. The number of carbonyl (C=O) groups excluding carboxylic acids is 1. The number of para-hydroxylation sites is 2. The van der Waals surface area contributed by atoms with Crippen molar-refractivity contribution >= 4 is 27.5 Å². The highest BCUT2D eigenvalue weighted by molar-refractivity contribution is 9.10. The molecule has 1 N–H and O–H groups in total. The lowest BCUT2D eigenvalue weighted by Gasteiger charge is -2.11. The zero-order chi connectivity index (χ0) is 15.5. The predicted molar refractivity (Wildman–Crippen MR) is 91.2 cm³/mol. The lowest BCUT2D eigenvalue weighted by atomic mass is 10.1. The summed E-state index contributed by atoms with van der Waals surface area (Å²) >= 11 is 3.48. The first-order chi connectivity index (χ1) is 10.7. The van der Waals surface area contributed by atoms with Gasteiger partial charge in [0.1, 0.15) is 5.75 Å². The Morgan fingerprint density at radius 2 is 2.09 bits per heavy atom. The summed E-state index contributed by atoms with van der Waals surface area (Å²) in [5.41, 5.74) is 1.96. The summed E-state index contributed by atoms with van der Waals surface area (Å²) in [4.78, 5) is 12.4. The van der Waals surface area contributed by atoms with Crippen molar-refractivity contribution in [2.45, 2.75) is 19.3 Å². The number of rotatable bonds is 5.